The Morgan fingerprint density at radius 2 is 2.18 bits per heavy atom. The topological polar surface area (TPSA) is 30.0 Å². The number of aromatic nitrogens is 1. The Kier molecular flexibility index (Phi) is 3.97. The predicted molar refractivity (Wildman–Crippen MR) is 71.4 cm³/mol. The molecule has 1 heterocycles. The Morgan fingerprint density at radius 1 is 1.41 bits per heavy atom. The Bertz CT molecular complexity index is 391. The molecule has 94 valence electrons. The minimum absolute atomic E-state index is 0.235. The molecule has 3 heteroatoms. The molecule has 0 radical (unpaired) electrons. The van der Waals surface area contributed by atoms with Crippen LogP contribution in [-0.4, -0.2) is 10.8 Å². The van der Waals surface area contributed by atoms with Crippen molar-refractivity contribution in [3.8, 4) is 0 Å². The first-order chi connectivity index (χ1) is 8.10. The lowest BCUT2D eigenvalue weighted by Gasteiger charge is -2.26. The van der Waals surface area contributed by atoms with E-state index < -0.39 is 0 Å². The largest absolute Gasteiger partial charge is 0.299 e. The van der Waals surface area contributed by atoms with E-state index in [0.29, 0.717) is 5.78 Å². The number of aryl methyl sites for hydroxylation is 2. The second kappa shape index (κ2) is 5.30. The number of hydrogen-bond donors (Lipinski definition) is 0. The highest BCUT2D eigenvalue weighted by molar-refractivity contribution is 7.11. The lowest BCUT2D eigenvalue weighted by atomic mass is 9.78. The van der Waals surface area contributed by atoms with Crippen molar-refractivity contribution >= 4 is 17.1 Å². The van der Waals surface area contributed by atoms with Gasteiger partial charge in [0.05, 0.1) is 10.7 Å². The van der Waals surface area contributed by atoms with E-state index in [-0.39, 0.29) is 5.92 Å². The van der Waals surface area contributed by atoms with Gasteiger partial charge in [0.25, 0.3) is 0 Å². The molecule has 0 amide bonds. The Labute approximate surface area is 107 Å². The summed E-state index contributed by atoms with van der Waals surface area (Å²) in [4.78, 5) is 17.8. The number of hydrogen-bond acceptors (Lipinski definition) is 3. The zero-order chi connectivity index (χ0) is 12.4. The highest BCUT2D eigenvalue weighted by Gasteiger charge is 2.28. The third kappa shape index (κ3) is 2.95. The Balaban J connectivity index is 2.03. The van der Waals surface area contributed by atoms with Gasteiger partial charge in [0.1, 0.15) is 5.78 Å². The maximum Gasteiger partial charge on any atom is 0.136 e. The first-order valence-electron chi connectivity index (χ1n) is 6.55. The van der Waals surface area contributed by atoms with Crippen molar-refractivity contribution in [3.05, 3.63) is 15.6 Å². The van der Waals surface area contributed by atoms with Crippen molar-refractivity contribution < 1.29 is 4.79 Å². The molecule has 0 aromatic carbocycles. The normalized spacial score (nSPS) is 25.2. The fraction of sp³-hybridized carbons (Fsp3) is 0.714. The quantitative estimate of drug-likeness (QED) is 0.820. The molecule has 0 spiro atoms. The van der Waals surface area contributed by atoms with E-state index in [4.69, 9.17) is 0 Å². The van der Waals surface area contributed by atoms with Crippen molar-refractivity contribution in [2.45, 2.75) is 52.9 Å². The summed E-state index contributed by atoms with van der Waals surface area (Å²) in [5, 5.41) is 1.15. The molecule has 2 atom stereocenters. The molecule has 1 aliphatic carbocycles. The van der Waals surface area contributed by atoms with Gasteiger partial charge in [-0.15, -0.1) is 11.3 Å². The summed E-state index contributed by atoms with van der Waals surface area (Å²) < 4.78 is 0. The number of nitrogens with zero attached hydrogens (tertiary/aromatic N) is 1. The van der Waals surface area contributed by atoms with E-state index in [1.807, 2.05) is 6.92 Å². The summed E-state index contributed by atoms with van der Waals surface area (Å²) in [6, 6.07) is 0. The maximum absolute atomic E-state index is 11.9. The van der Waals surface area contributed by atoms with Crippen molar-refractivity contribution in [3.63, 3.8) is 0 Å². The molecule has 1 aromatic heterocycles. The molecule has 17 heavy (non-hydrogen) atoms. The van der Waals surface area contributed by atoms with Gasteiger partial charge in [0.15, 0.2) is 0 Å². The molecule has 0 saturated heterocycles. The molecular formula is C14H21NOS. The number of Topliss-reactive ketones (excluding diaryl/α,β-unsaturated/α-hetero) is 1. The van der Waals surface area contributed by atoms with Gasteiger partial charge in [-0.05, 0) is 32.6 Å². The molecule has 0 N–H and O–H groups in total. The van der Waals surface area contributed by atoms with Gasteiger partial charge < -0.3 is 0 Å². The molecule has 2 unspecified atom stereocenters. The van der Waals surface area contributed by atoms with E-state index in [1.165, 1.54) is 11.3 Å². The van der Waals surface area contributed by atoms with E-state index in [9.17, 15) is 4.79 Å². The summed E-state index contributed by atoms with van der Waals surface area (Å²) in [6.07, 6.45) is 5.04. The zero-order valence-corrected chi connectivity index (χ0v) is 11.8. The van der Waals surface area contributed by atoms with Gasteiger partial charge in [0.2, 0.25) is 0 Å². The van der Waals surface area contributed by atoms with Crippen molar-refractivity contribution in [2.75, 3.05) is 0 Å². The minimum atomic E-state index is 0.235. The van der Waals surface area contributed by atoms with Crippen molar-refractivity contribution in [1.82, 2.24) is 4.98 Å². The number of carbonyl (C=O) groups excluding carboxylic acids is 1. The molecule has 1 saturated carbocycles. The number of ketones is 1. The second-order valence-corrected chi connectivity index (χ2v) is 6.45. The third-order valence-electron chi connectivity index (χ3n) is 3.94. The molecule has 2 nitrogen and oxygen atoms in total. The van der Waals surface area contributed by atoms with E-state index in [1.54, 1.807) is 11.3 Å². The summed E-state index contributed by atoms with van der Waals surface area (Å²) in [7, 11) is 0. The van der Waals surface area contributed by atoms with Crippen LogP contribution in [0.3, 0.4) is 0 Å². The van der Waals surface area contributed by atoms with E-state index in [2.05, 4.69) is 18.8 Å². The van der Waals surface area contributed by atoms with Crippen LogP contribution in [0.4, 0.5) is 0 Å². The molecule has 0 bridgehead atoms. The summed E-state index contributed by atoms with van der Waals surface area (Å²) in [5.74, 6) is 1.44. The van der Waals surface area contributed by atoms with Crippen LogP contribution in [-0.2, 0) is 11.2 Å². The average molecular weight is 251 g/mol. The summed E-state index contributed by atoms with van der Waals surface area (Å²) in [6.45, 7) is 6.39. The lowest BCUT2D eigenvalue weighted by Crippen LogP contribution is -2.26. The van der Waals surface area contributed by atoms with E-state index in [0.717, 1.165) is 42.3 Å². The molecule has 1 aliphatic rings. The lowest BCUT2D eigenvalue weighted by molar-refractivity contribution is -0.125. The van der Waals surface area contributed by atoms with Gasteiger partial charge in [-0.2, -0.15) is 0 Å². The van der Waals surface area contributed by atoms with Gasteiger partial charge in [-0.3, -0.25) is 4.79 Å². The summed E-state index contributed by atoms with van der Waals surface area (Å²) in [5.41, 5.74) is 1.13. The van der Waals surface area contributed by atoms with Crippen LogP contribution in [0, 0.1) is 25.7 Å². The molecule has 1 aromatic rings. The van der Waals surface area contributed by atoms with Crippen LogP contribution in [0.15, 0.2) is 0 Å². The molecular weight excluding hydrogens is 230 g/mol. The highest BCUT2D eigenvalue weighted by atomic mass is 32.1. The monoisotopic (exact) mass is 251 g/mol. The van der Waals surface area contributed by atoms with Crippen LogP contribution in [0.5, 0.6) is 0 Å². The van der Waals surface area contributed by atoms with Gasteiger partial charge >= 0.3 is 0 Å². The zero-order valence-electron chi connectivity index (χ0n) is 11.0. The first-order valence-corrected chi connectivity index (χ1v) is 7.37. The number of thiazole rings is 1. The maximum atomic E-state index is 11.9. The van der Waals surface area contributed by atoms with Crippen molar-refractivity contribution in [1.29, 1.82) is 0 Å². The second-order valence-electron chi connectivity index (χ2n) is 5.17. The van der Waals surface area contributed by atoms with Gasteiger partial charge in [-0.1, -0.05) is 13.3 Å². The smallest absolute Gasteiger partial charge is 0.136 e. The van der Waals surface area contributed by atoms with Crippen LogP contribution < -0.4 is 0 Å². The predicted octanol–water partition coefficient (Wildman–Crippen LogP) is 3.70. The molecule has 0 aliphatic heterocycles. The first kappa shape index (κ1) is 12.7. The van der Waals surface area contributed by atoms with Crippen molar-refractivity contribution in [2.24, 2.45) is 11.8 Å². The molecule has 1 fully saturated rings. The van der Waals surface area contributed by atoms with Gasteiger partial charge in [0, 0.05) is 23.6 Å². The Morgan fingerprint density at radius 3 is 2.76 bits per heavy atom. The third-order valence-corrected chi connectivity index (χ3v) is 5.04. The molecule has 2 rings (SSSR count). The van der Waals surface area contributed by atoms with Gasteiger partial charge in [-0.25, -0.2) is 4.98 Å². The van der Waals surface area contributed by atoms with Crippen LogP contribution in [0.1, 0.15) is 48.2 Å². The highest BCUT2D eigenvalue weighted by Crippen LogP contribution is 2.31. The van der Waals surface area contributed by atoms with Crippen LogP contribution in [0.2, 0.25) is 0 Å². The fourth-order valence-electron chi connectivity index (χ4n) is 2.61. The van der Waals surface area contributed by atoms with E-state index >= 15 is 0 Å². The summed E-state index contributed by atoms with van der Waals surface area (Å²) >= 11 is 1.76. The SMILES string of the molecule is CCC1CCC(=O)C(Cc2nc(C)c(C)s2)C1. The average Bonchev–Trinajstić information content (AvgIpc) is 2.61. The minimum Gasteiger partial charge on any atom is -0.299 e. The number of rotatable bonds is 3. The Hall–Kier alpha value is -0.700. The standard InChI is InChI=1S/C14H21NOS/c1-4-11-5-6-13(16)12(7-11)8-14-15-9(2)10(3)17-14/h11-12H,4-8H2,1-3H3. The van der Waals surface area contributed by atoms with Crippen LogP contribution in [0.25, 0.3) is 0 Å². The fourth-order valence-corrected chi connectivity index (χ4v) is 3.62. The van der Waals surface area contributed by atoms with Crippen LogP contribution >= 0.6 is 11.3 Å². The number of carbonyl (C=O) groups is 1.